The maximum atomic E-state index is 11.5. The monoisotopic (exact) mass is 251 g/mol. The van der Waals surface area contributed by atoms with Crippen molar-refractivity contribution in [3.8, 4) is 0 Å². The molecule has 1 rings (SSSR count). The van der Waals surface area contributed by atoms with Gasteiger partial charge in [0.15, 0.2) is 0 Å². The van der Waals surface area contributed by atoms with Gasteiger partial charge < -0.3 is 4.74 Å². The first-order valence-electron chi connectivity index (χ1n) is 5.31. The summed E-state index contributed by atoms with van der Waals surface area (Å²) in [6, 6.07) is 8.80. The maximum absolute atomic E-state index is 11.5. The molecule has 0 amide bonds. The van der Waals surface area contributed by atoms with Crippen molar-refractivity contribution in [2.24, 2.45) is 0 Å². The molecule has 3 nitrogen and oxygen atoms in total. The Balaban J connectivity index is 2.31. The van der Waals surface area contributed by atoms with Gasteiger partial charge >= 0.3 is 5.97 Å². The molecule has 17 heavy (non-hydrogen) atoms. The van der Waals surface area contributed by atoms with E-state index in [2.05, 4.69) is 10.8 Å². The number of Topliss-reactive ketones (excluding diaryl/α,β-unsaturated/α-hetero) is 1. The van der Waals surface area contributed by atoms with E-state index in [1.165, 1.54) is 18.9 Å². The average Bonchev–Trinajstić information content (AvgIpc) is 2.33. The van der Waals surface area contributed by atoms with Gasteiger partial charge in [-0.2, -0.15) is 0 Å². The van der Waals surface area contributed by atoms with Crippen LogP contribution in [0.5, 0.6) is 0 Å². The van der Waals surface area contributed by atoms with Crippen LogP contribution in [-0.2, 0) is 14.3 Å². The molecule has 1 radical (unpaired) electrons. The number of esters is 1. The molecule has 0 heterocycles. The fraction of sp³-hybridized carbons (Fsp3) is 0.385. The van der Waals surface area contributed by atoms with Crippen LogP contribution < -0.4 is 0 Å². The van der Waals surface area contributed by atoms with Crippen molar-refractivity contribution in [1.29, 1.82) is 0 Å². The maximum Gasteiger partial charge on any atom is 0.305 e. The summed E-state index contributed by atoms with van der Waals surface area (Å²) in [6.45, 7) is 1.96. The first-order valence-corrected chi connectivity index (χ1v) is 6.30. The highest BCUT2D eigenvalue weighted by atomic mass is 32.2. The number of ether oxygens (including phenoxy) is 1. The Bertz CT molecular complexity index is 401. The van der Waals surface area contributed by atoms with Crippen molar-refractivity contribution < 1.29 is 14.3 Å². The molecule has 0 bridgehead atoms. The molecule has 0 unspecified atom stereocenters. The fourth-order valence-electron chi connectivity index (χ4n) is 1.23. The van der Waals surface area contributed by atoms with E-state index >= 15 is 0 Å². The number of ketones is 1. The summed E-state index contributed by atoms with van der Waals surface area (Å²) in [4.78, 5) is 23.4. The summed E-state index contributed by atoms with van der Waals surface area (Å²) in [6.07, 6.45) is 0.412. The van der Waals surface area contributed by atoms with Crippen LogP contribution in [0.1, 0.15) is 18.4 Å². The van der Waals surface area contributed by atoms with Crippen molar-refractivity contribution in [2.45, 2.75) is 24.7 Å². The summed E-state index contributed by atoms with van der Waals surface area (Å²) in [7, 11) is 1.32. The van der Waals surface area contributed by atoms with Crippen LogP contribution in [0.3, 0.4) is 0 Å². The number of thioether (sulfide) groups is 1. The molecular weight excluding hydrogens is 236 g/mol. The normalized spacial score (nSPS) is 10.0. The number of rotatable bonds is 6. The Kier molecular flexibility index (Phi) is 5.77. The highest BCUT2D eigenvalue weighted by Crippen LogP contribution is 2.19. The lowest BCUT2D eigenvalue weighted by molar-refractivity contribution is -0.141. The zero-order chi connectivity index (χ0) is 12.7. The van der Waals surface area contributed by atoms with Crippen LogP contribution >= 0.6 is 11.8 Å². The quantitative estimate of drug-likeness (QED) is 0.575. The summed E-state index contributed by atoms with van der Waals surface area (Å²) >= 11 is 1.48. The van der Waals surface area contributed by atoms with Crippen LogP contribution in [0, 0.1) is 13.0 Å². The van der Waals surface area contributed by atoms with Gasteiger partial charge in [-0.25, -0.2) is 0 Å². The first kappa shape index (κ1) is 13.8. The highest BCUT2D eigenvalue weighted by molar-refractivity contribution is 8.00. The molecule has 4 heteroatoms. The number of aryl methyl sites for hydroxylation is 1. The molecule has 0 saturated heterocycles. The van der Waals surface area contributed by atoms with Gasteiger partial charge in [0.05, 0.1) is 19.3 Å². The largest absolute Gasteiger partial charge is 0.469 e. The minimum atomic E-state index is -0.339. The van der Waals surface area contributed by atoms with E-state index < -0.39 is 0 Å². The first-order chi connectivity index (χ1) is 8.11. The van der Waals surface area contributed by atoms with Crippen molar-refractivity contribution in [3.63, 3.8) is 0 Å². The summed E-state index contributed by atoms with van der Waals surface area (Å²) in [5.74, 6) is 0.111. The Morgan fingerprint density at radius 1 is 1.41 bits per heavy atom. The van der Waals surface area contributed by atoms with E-state index in [4.69, 9.17) is 0 Å². The molecule has 1 aromatic rings. The molecule has 0 N–H and O–H groups in total. The van der Waals surface area contributed by atoms with Crippen LogP contribution in [0.2, 0.25) is 0 Å². The third-order valence-corrected chi connectivity index (χ3v) is 3.21. The van der Waals surface area contributed by atoms with Gasteiger partial charge in [-0.1, -0.05) is 6.07 Å². The lowest BCUT2D eigenvalue weighted by atomic mass is 10.2. The average molecular weight is 251 g/mol. The molecule has 0 aromatic heterocycles. The van der Waals surface area contributed by atoms with Crippen LogP contribution in [0.4, 0.5) is 0 Å². The number of hydrogen-bond acceptors (Lipinski definition) is 4. The Morgan fingerprint density at radius 2 is 2.18 bits per heavy atom. The molecule has 1 aromatic carbocycles. The molecule has 0 aliphatic carbocycles. The van der Waals surface area contributed by atoms with Crippen LogP contribution in [0.25, 0.3) is 0 Å². The van der Waals surface area contributed by atoms with Crippen molar-refractivity contribution in [3.05, 3.63) is 29.8 Å². The second kappa shape index (κ2) is 7.12. The molecule has 0 atom stereocenters. The Labute approximate surface area is 106 Å². The third-order valence-electron chi connectivity index (χ3n) is 2.15. The zero-order valence-electron chi connectivity index (χ0n) is 9.99. The van der Waals surface area contributed by atoms with Crippen LogP contribution in [-0.4, -0.2) is 24.6 Å². The Hall–Kier alpha value is -1.29. The van der Waals surface area contributed by atoms with E-state index in [0.717, 1.165) is 10.5 Å². The summed E-state index contributed by atoms with van der Waals surface area (Å²) in [5, 5.41) is 0. The second-order valence-electron chi connectivity index (χ2n) is 3.61. The van der Waals surface area contributed by atoms with Gasteiger partial charge in [-0.3, -0.25) is 9.59 Å². The number of methoxy groups -OCH3 is 1. The molecular formula is C13H15O3S. The summed E-state index contributed by atoms with van der Waals surface area (Å²) in [5.41, 5.74) is 1.05. The van der Waals surface area contributed by atoms with E-state index in [-0.39, 0.29) is 24.6 Å². The molecule has 0 saturated carbocycles. The molecule has 0 aliphatic rings. The van der Waals surface area contributed by atoms with Gasteiger partial charge in [0.25, 0.3) is 0 Å². The van der Waals surface area contributed by atoms with Gasteiger partial charge in [0, 0.05) is 11.3 Å². The fourth-order valence-corrected chi connectivity index (χ4v) is 2.12. The predicted molar refractivity (Wildman–Crippen MR) is 67.0 cm³/mol. The highest BCUT2D eigenvalue weighted by Gasteiger charge is 2.07. The van der Waals surface area contributed by atoms with E-state index in [1.807, 2.05) is 25.1 Å². The summed E-state index contributed by atoms with van der Waals surface area (Å²) < 4.78 is 4.48. The third kappa shape index (κ3) is 5.54. The zero-order valence-corrected chi connectivity index (χ0v) is 10.8. The standard InChI is InChI=1S/C13H15O3S/c1-10-4-3-5-12(8-10)17-9-11(14)6-7-13(15)16-2/h3,5,8H,6-7,9H2,1-2H3. The lowest BCUT2D eigenvalue weighted by Crippen LogP contribution is -2.07. The Morgan fingerprint density at radius 3 is 2.82 bits per heavy atom. The van der Waals surface area contributed by atoms with E-state index in [9.17, 15) is 9.59 Å². The molecule has 0 fully saturated rings. The number of benzene rings is 1. The smallest absolute Gasteiger partial charge is 0.305 e. The minimum absolute atomic E-state index is 0.0610. The number of carbonyl (C=O) groups is 2. The van der Waals surface area contributed by atoms with E-state index in [0.29, 0.717) is 5.75 Å². The number of hydrogen-bond donors (Lipinski definition) is 0. The predicted octanol–water partition coefficient (Wildman–Crippen LogP) is 2.41. The van der Waals surface area contributed by atoms with Gasteiger partial charge in [0.1, 0.15) is 5.78 Å². The minimum Gasteiger partial charge on any atom is -0.469 e. The molecule has 0 aliphatic heterocycles. The van der Waals surface area contributed by atoms with E-state index in [1.54, 1.807) is 0 Å². The van der Waals surface area contributed by atoms with Gasteiger partial charge in [0.2, 0.25) is 0 Å². The van der Waals surface area contributed by atoms with Crippen molar-refractivity contribution in [2.75, 3.05) is 12.9 Å². The lowest BCUT2D eigenvalue weighted by Gasteiger charge is -2.02. The topological polar surface area (TPSA) is 43.4 Å². The van der Waals surface area contributed by atoms with Crippen LogP contribution in [0.15, 0.2) is 23.1 Å². The van der Waals surface area contributed by atoms with Crippen molar-refractivity contribution >= 4 is 23.5 Å². The number of carbonyl (C=O) groups excluding carboxylic acids is 2. The SMILES string of the molecule is COC(=O)CCC(=O)CSc1cc[c]c(C)c1. The van der Waals surface area contributed by atoms with Gasteiger partial charge in [-0.05, 0) is 30.7 Å². The molecule has 0 spiro atoms. The van der Waals surface area contributed by atoms with Crippen molar-refractivity contribution in [1.82, 2.24) is 0 Å². The molecule has 91 valence electrons. The van der Waals surface area contributed by atoms with Gasteiger partial charge in [-0.15, -0.1) is 11.8 Å². The second-order valence-corrected chi connectivity index (χ2v) is 4.66.